The van der Waals surface area contributed by atoms with Crippen LogP contribution >= 0.6 is 0 Å². The van der Waals surface area contributed by atoms with Crippen LogP contribution in [0.15, 0.2) is 18.2 Å². The molecule has 1 saturated carbocycles. The molecule has 0 spiro atoms. The van der Waals surface area contributed by atoms with E-state index in [1.165, 1.54) is 43.2 Å². The number of amides is 1. The van der Waals surface area contributed by atoms with Crippen molar-refractivity contribution >= 4 is 5.91 Å². The molecule has 1 unspecified atom stereocenters. The lowest BCUT2D eigenvalue weighted by molar-refractivity contribution is -0.126. The molecule has 0 aromatic heterocycles. The van der Waals surface area contributed by atoms with E-state index in [0.29, 0.717) is 6.54 Å². The van der Waals surface area contributed by atoms with Gasteiger partial charge in [-0.25, -0.2) is 0 Å². The van der Waals surface area contributed by atoms with E-state index in [1.807, 2.05) is 0 Å². The van der Waals surface area contributed by atoms with Crippen molar-refractivity contribution in [1.29, 1.82) is 0 Å². The second-order valence-electron chi connectivity index (χ2n) is 8.55. The van der Waals surface area contributed by atoms with E-state index in [0.717, 1.165) is 37.5 Å². The molecule has 1 atom stereocenters. The minimum Gasteiger partial charge on any atom is -0.493 e. The van der Waals surface area contributed by atoms with Crippen LogP contribution in [0.2, 0.25) is 0 Å². The Bertz CT molecular complexity index is 621. The molecule has 0 saturated heterocycles. The van der Waals surface area contributed by atoms with Gasteiger partial charge in [0.2, 0.25) is 5.91 Å². The SMILES string of the molecule is CCCCC1CCC(C(=O)NCC(c2ccc3c(c2)CCO3)N(C)C)CC1. The maximum atomic E-state index is 12.7. The van der Waals surface area contributed by atoms with Crippen molar-refractivity contribution in [2.45, 2.75) is 64.3 Å². The van der Waals surface area contributed by atoms with E-state index in [9.17, 15) is 4.79 Å². The number of nitrogens with one attached hydrogen (secondary N) is 1. The van der Waals surface area contributed by atoms with Gasteiger partial charge in [-0.2, -0.15) is 0 Å². The topological polar surface area (TPSA) is 41.6 Å². The quantitative estimate of drug-likeness (QED) is 0.738. The maximum absolute atomic E-state index is 12.7. The minimum atomic E-state index is 0.195. The van der Waals surface area contributed by atoms with E-state index < -0.39 is 0 Å². The van der Waals surface area contributed by atoms with Gasteiger partial charge in [-0.1, -0.05) is 38.3 Å². The molecule has 4 nitrogen and oxygen atoms in total. The van der Waals surface area contributed by atoms with E-state index >= 15 is 0 Å². The van der Waals surface area contributed by atoms with Crippen molar-refractivity contribution < 1.29 is 9.53 Å². The molecule has 1 aliphatic carbocycles. The number of carbonyl (C=O) groups is 1. The van der Waals surface area contributed by atoms with Crippen molar-refractivity contribution in [3.63, 3.8) is 0 Å². The van der Waals surface area contributed by atoms with Gasteiger partial charge < -0.3 is 15.0 Å². The number of hydrogen-bond acceptors (Lipinski definition) is 3. The van der Waals surface area contributed by atoms with Crippen LogP contribution in [0.4, 0.5) is 0 Å². The summed E-state index contributed by atoms with van der Waals surface area (Å²) in [5.74, 6) is 2.32. The number of benzene rings is 1. The lowest BCUT2D eigenvalue weighted by atomic mass is 9.79. The number of carbonyl (C=O) groups excluding carboxylic acids is 1. The van der Waals surface area contributed by atoms with Crippen molar-refractivity contribution in [3.8, 4) is 5.75 Å². The molecule has 3 rings (SSSR count). The Balaban J connectivity index is 1.52. The zero-order chi connectivity index (χ0) is 19.2. The molecule has 1 amide bonds. The molecule has 2 aliphatic rings. The number of unbranched alkanes of at least 4 members (excludes halogenated alkanes) is 1. The van der Waals surface area contributed by atoms with Crippen LogP contribution in [0.5, 0.6) is 5.75 Å². The average Bonchev–Trinajstić information content (AvgIpc) is 3.14. The Labute approximate surface area is 164 Å². The molecule has 4 heteroatoms. The summed E-state index contributed by atoms with van der Waals surface area (Å²) in [6.07, 6.45) is 9.50. The Hall–Kier alpha value is -1.55. The predicted molar refractivity (Wildman–Crippen MR) is 110 cm³/mol. The highest BCUT2D eigenvalue weighted by Gasteiger charge is 2.27. The van der Waals surface area contributed by atoms with Gasteiger partial charge in [0.1, 0.15) is 5.75 Å². The molecule has 0 bridgehead atoms. The Morgan fingerprint density at radius 3 is 2.74 bits per heavy atom. The zero-order valence-electron chi connectivity index (χ0n) is 17.3. The highest BCUT2D eigenvalue weighted by atomic mass is 16.5. The van der Waals surface area contributed by atoms with Crippen molar-refractivity contribution in [3.05, 3.63) is 29.3 Å². The van der Waals surface area contributed by atoms with Crippen LogP contribution < -0.4 is 10.1 Å². The van der Waals surface area contributed by atoms with Gasteiger partial charge in [0.25, 0.3) is 0 Å². The predicted octanol–water partition coefficient (Wildman–Crippen LogP) is 4.34. The standard InChI is InChI=1S/C23H36N2O2/c1-4-5-6-17-7-9-18(10-8-17)23(26)24-16-21(25(2)3)19-11-12-22-20(15-19)13-14-27-22/h11-12,15,17-18,21H,4-10,13-14,16H2,1-3H3,(H,24,26). The fourth-order valence-electron chi connectivity index (χ4n) is 4.56. The number of hydrogen-bond donors (Lipinski definition) is 1. The summed E-state index contributed by atoms with van der Waals surface area (Å²) in [6.45, 7) is 3.71. The van der Waals surface area contributed by atoms with Crippen LogP contribution in [-0.4, -0.2) is 38.1 Å². The van der Waals surface area contributed by atoms with Crippen LogP contribution in [-0.2, 0) is 11.2 Å². The molecule has 0 radical (unpaired) electrons. The molecule has 1 aromatic rings. The number of likely N-dealkylation sites (N-methyl/N-ethyl adjacent to an activating group) is 1. The van der Waals surface area contributed by atoms with Crippen molar-refractivity contribution in [2.24, 2.45) is 11.8 Å². The first-order chi connectivity index (χ1) is 13.1. The molecule has 1 N–H and O–H groups in total. The molecule has 1 aliphatic heterocycles. The summed E-state index contributed by atoms with van der Waals surface area (Å²) in [6, 6.07) is 6.66. The van der Waals surface area contributed by atoms with Crippen LogP contribution in [0.3, 0.4) is 0 Å². The smallest absolute Gasteiger partial charge is 0.223 e. The molecule has 1 aromatic carbocycles. The first-order valence-corrected chi connectivity index (χ1v) is 10.8. The van der Waals surface area contributed by atoms with Crippen LogP contribution in [0.1, 0.15) is 69.0 Å². The molecule has 27 heavy (non-hydrogen) atoms. The summed E-state index contributed by atoms with van der Waals surface area (Å²) < 4.78 is 5.62. The fourth-order valence-corrected chi connectivity index (χ4v) is 4.56. The van der Waals surface area contributed by atoms with Gasteiger partial charge in [0.15, 0.2) is 0 Å². The van der Waals surface area contributed by atoms with Crippen LogP contribution in [0.25, 0.3) is 0 Å². The first-order valence-electron chi connectivity index (χ1n) is 10.8. The number of ether oxygens (including phenoxy) is 1. The second kappa shape index (κ2) is 9.59. The van der Waals surface area contributed by atoms with Crippen LogP contribution in [0, 0.1) is 11.8 Å². The molecule has 150 valence electrons. The third-order valence-electron chi connectivity index (χ3n) is 6.37. The number of fused-ring (bicyclic) bond motifs is 1. The molecular formula is C23H36N2O2. The normalized spacial score (nSPS) is 23.0. The van der Waals surface area contributed by atoms with E-state index in [4.69, 9.17) is 4.74 Å². The fraction of sp³-hybridized carbons (Fsp3) is 0.696. The number of nitrogens with zero attached hydrogens (tertiary/aromatic N) is 1. The third-order valence-corrected chi connectivity index (χ3v) is 6.37. The van der Waals surface area contributed by atoms with Gasteiger partial charge in [-0.3, -0.25) is 4.79 Å². The third kappa shape index (κ3) is 5.25. The Morgan fingerprint density at radius 1 is 1.26 bits per heavy atom. The summed E-state index contributed by atoms with van der Waals surface area (Å²) in [5, 5.41) is 3.25. The number of rotatable bonds is 8. The molecule has 1 fully saturated rings. The molecule has 1 heterocycles. The largest absolute Gasteiger partial charge is 0.493 e. The summed E-state index contributed by atoms with van der Waals surface area (Å²) >= 11 is 0. The minimum absolute atomic E-state index is 0.195. The first kappa shape index (κ1) is 20.2. The van der Waals surface area contributed by atoms with Gasteiger partial charge in [0.05, 0.1) is 12.6 Å². The van der Waals surface area contributed by atoms with E-state index in [-0.39, 0.29) is 17.9 Å². The average molecular weight is 373 g/mol. The van der Waals surface area contributed by atoms with Gasteiger partial charge in [-0.15, -0.1) is 0 Å². The highest BCUT2D eigenvalue weighted by Crippen LogP contribution is 2.32. The van der Waals surface area contributed by atoms with Gasteiger partial charge in [-0.05, 0) is 62.9 Å². The second-order valence-corrected chi connectivity index (χ2v) is 8.55. The summed E-state index contributed by atoms with van der Waals surface area (Å²) in [5.41, 5.74) is 2.55. The summed E-state index contributed by atoms with van der Waals surface area (Å²) in [7, 11) is 4.17. The monoisotopic (exact) mass is 372 g/mol. The Morgan fingerprint density at radius 2 is 2.04 bits per heavy atom. The van der Waals surface area contributed by atoms with Gasteiger partial charge in [0, 0.05) is 18.9 Å². The summed E-state index contributed by atoms with van der Waals surface area (Å²) in [4.78, 5) is 14.9. The maximum Gasteiger partial charge on any atom is 0.223 e. The van der Waals surface area contributed by atoms with E-state index in [1.54, 1.807) is 0 Å². The Kier molecular flexibility index (Phi) is 7.17. The molecular weight excluding hydrogens is 336 g/mol. The van der Waals surface area contributed by atoms with Crippen molar-refractivity contribution in [2.75, 3.05) is 27.2 Å². The zero-order valence-corrected chi connectivity index (χ0v) is 17.3. The lowest BCUT2D eigenvalue weighted by Crippen LogP contribution is -2.38. The lowest BCUT2D eigenvalue weighted by Gasteiger charge is -2.30. The van der Waals surface area contributed by atoms with E-state index in [2.05, 4.69) is 49.4 Å². The van der Waals surface area contributed by atoms with Crippen molar-refractivity contribution in [1.82, 2.24) is 10.2 Å². The highest BCUT2D eigenvalue weighted by molar-refractivity contribution is 5.78. The van der Waals surface area contributed by atoms with Gasteiger partial charge >= 0.3 is 0 Å².